The molecule has 1 fully saturated rings. The van der Waals surface area contributed by atoms with Crippen LogP contribution in [0.15, 0.2) is 29.7 Å². The molecule has 1 aliphatic heterocycles. The molecule has 1 heterocycles. The van der Waals surface area contributed by atoms with E-state index in [1.54, 1.807) is 36.3 Å². The van der Waals surface area contributed by atoms with Gasteiger partial charge in [-0.2, -0.15) is 0 Å². The molecule has 1 aromatic carbocycles. The zero-order valence-corrected chi connectivity index (χ0v) is 16.7. The predicted octanol–water partition coefficient (Wildman–Crippen LogP) is 3.32. The molecule has 0 saturated heterocycles. The van der Waals surface area contributed by atoms with E-state index < -0.39 is 15.9 Å². The average molecular weight is 394 g/mol. The van der Waals surface area contributed by atoms with Gasteiger partial charge in [0.25, 0.3) is 0 Å². The van der Waals surface area contributed by atoms with Crippen LogP contribution in [0.3, 0.4) is 0 Å². The van der Waals surface area contributed by atoms with E-state index in [0.29, 0.717) is 29.5 Å². The van der Waals surface area contributed by atoms with Crippen LogP contribution >= 0.6 is 0 Å². The molecule has 0 aromatic heterocycles. The smallest absolute Gasteiger partial charge is 0.227 e. The highest BCUT2D eigenvalue weighted by Crippen LogP contribution is 2.36. The van der Waals surface area contributed by atoms with Crippen molar-refractivity contribution in [1.82, 2.24) is 0 Å². The predicted molar refractivity (Wildman–Crippen MR) is 105 cm³/mol. The average Bonchev–Trinajstić information content (AvgIpc) is 3.29. The van der Waals surface area contributed by atoms with E-state index in [1.807, 2.05) is 0 Å². The Labute approximate surface area is 161 Å². The minimum absolute atomic E-state index is 0.0721. The van der Waals surface area contributed by atoms with Gasteiger partial charge in [0.05, 0.1) is 31.7 Å². The summed E-state index contributed by atoms with van der Waals surface area (Å²) in [6.07, 6.45) is 7.67. The number of anilines is 1. The number of nitrogens with zero attached hydrogens (tertiary/aromatic N) is 1. The molecule has 2 aliphatic rings. The molecule has 0 bridgehead atoms. The summed E-state index contributed by atoms with van der Waals surface area (Å²) in [5, 5.41) is 1.20. The summed E-state index contributed by atoms with van der Waals surface area (Å²) in [5.41, 5.74) is 0.571. The third-order valence-electron chi connectivity index (χ3n) is 5.40. The van der Waals surface area contributed by atoms with Gasteiger partial charge in [-0.15, -0.1) is 0 Å². The third-order valence-corrected chi connectivity index (χ3v) is 6.78. The fourth-order valence-electron chi connectivity index (χ4n) is 3.95. The van der Waals surface area contributed by atoms with Crippen molar-refractivity contribution in [2.45, 2.75) is 44.6 Å². The number of methoxy groups -OCH3 is 2. The molecule has 27 heavy (non-hydrogen) atoms. The Morgan fingerprint density at radius 1 is 1.19 bits per heavy atom. The van der Waals surface area contributed by atoms with Crippen molar-refractivity contribution in [3.63, 3.8) is 0 Å². The van der Waals surface area contributed by atoms with Crippen LogP contribution in [-0.2, 0) is 14.6 Å². The second kappa shape index (κ2) is 8.33. The Hall–Kier alpha value is -2.02. The summed E-state index contributed by atoms with van der Waals surface area (Å²) >= 11 is 0. The van der Waals surface area contributed by atoms with Crippen LogP contribution in [0.5, 0.6) is 11.5 Å². The molecule has 0 N–H and O–H groups in total. The van der Waals surface area contributed by atoms with Crippen LogP contribution in [-0.4, -0.2) is 40.3 Å². The van der Waals surface area contributed by atoms with Crippen LogP contribution < -0.4 is 14.4 Å². The lowest BCUT2D eigenvalue weighted by molar-refractivity contribution is -0.119. The molecule has 3 rings (SSSR count). The highest BCUT2D eigenvalue weighted by molar-refractivity contribution is 7.94. The maximum Gasteiger partial charge on any atom is 0.227 e. The second-order valence-corrected chi connectivity index (χ2v) is 9.15. The fourth-order valence-corrected chi connectivity index (χ4v) is 5.22. The number of carbonyl (C=O) groups is 1. The molecule has 1 atom stereocenters. The number of hydrogen-bond donors (Lipinski definition) is 0. The van der Waals surface area contributed by atoms with Crippen molar-refractivity contribution < 1.29 is 22.7 Å². The van der Waals surface area contributed by atoms with Gasteiger partial charge in [0.2, 0.25) is 5.91 Å². The van der Waals surface area contributed by atoms with Gasteiger partial charge in [0.15, 0.2) is 9.84 Å². The van der Waals surface area contributed by atoms with E-state index in [1.165, 1.54) is 38.2 Å². The van der Waals surface area contributed by atoms with Gasteiger partial charge in [0.1, 0.15) is 11.5 Å². The van der Waals surface area contributed by atoms with Crippen LogP contribution in [0.25, 0.3) is 0 Å². The SMILES string of the molecule is COc1ccc(N(C(=O)CCC2CCCC2)C2C=CS(=O)(=O)C2)c(OC)c1. The lowest BCUT2D eigenvalue weighted by Crippen LogP contribution is -2.41. The summed E-state index contributed by atoms with van der Waals surface area (Å²) in [6, 6.07) is 4.69. The quantitative estimate of drug-likeness (QED) is 0.711. The topological polar surface area (TPSA) is 72.9 Å². The monoisotopic (exact) mass is 393 g/mol. The molecule has 6 nitrogen and oxygen atoms in total. The standard InChI is InChI=1S/C20H27NO5S/c1-25-17-8-9-18(19(13-17)26-2)21(16-11-12-27(23,24)14-16)20(22)10-7-15-5-3-4-6-15/h8-9,11-13,15-16H,3-7,10,14H2,1-2H3. The number of carbonyl (C=O) groups excluding carboxylic acids is 1. The molecule has 7 heteroatoms. The third kappa shape index (κ3) is 4.64. The number of ether oxygens (including phenoxy) is 2. The molecule has 1 amide bonds. The first kappa shape index (κ1) is 19.7. The van der Waals surface area contributed by atoms with E-state index in [0.717, 1.165) is 6.42 Å². The second-order valence-electron chi connectivity index (χ2n) is 7.22. The highest BCUT2D eigenvalue weighted by Gasteiger charge is 2.33. The summed E-state index contributed by atoms with van der Waals surface area (Å²) < 4.78 is 34.6. The Morgan fingerprint density at radius 2 is 1.93 bits per heavy atom. The first-order valence-corrected chi connectivity index (χ1v) is 11.1. The Morgan fingerprint density at radius 3 is 2.52 bits per heavy atom. The summed E-state index contributed by atoms with van der Waals surface area (Å²) in [5.74, 6) is 1.52. The number of rotatable bonds is 7. The Kier molecular flexibility index (Phi) is 6.09. The molecule has 0 radical (unpaired) electrons. The Bertz CT molecular complexity index is 812. The number of hydrogen-bond acceptors (Lipinski definition) is 5. The largest absolute Gasteiger partial charge is 0.497 e. The van der Waals surface area contributed by atoms with Crippen molar-refractivity contribution in [2.24, 2.45) is 5.92 Å². The van der Waals surface area contributed by atoms with Gasteiger partial charge in [-0.1, -0.05) is 25.7 Å². The van der Waals surface area contributed by atoms with Gasteiger partial charge < -0.3 is 14.4 Å². The van der Waals surface area contributed by atoms with Gasteiger partial charge in [-0.05, 0) is 30.5 Å². The van der Waals surface area contributed by atoms with E-state index in [2.05, 4.69) is 0 Å². The lowest BCUT2D eigenvalue weighted by atomic mass is 10.0. The van der Waals surface area contributed by atoms with E-state index in [4.69, 9.17) is 9.47 Å². The number of benzene rings is 1. The normalized spacial score (nSPS) is 21.3. The first-order chi connectivity index (χ1) is 12.9. The van der Waals surface area contributed by atoms with Gasteiger partial charge >= 0.3 is 0 Å². The van der Waals surface area contributed by atoms with Crippen molar-refractivity contribution in [3.05, 3.63) is 29.7 Å². The molecule has 0 spiro atoms. The van der Waals surface area contributed by atoms with Crippen LogP contribution in [0.1, 0.15) is 38.5 Å². The first-order valence-electron chi connectivity index (χ1n) is 9.38. The minimum atomic E-state index is -3.28. The molecule has 148 valence electrons. The van der Waals surface area contributed by atoms with Crippen LogP contribution in [0.4, 0.5) is 5.69 Å². The van der Waals surface area contributed by atoms with Crippen LogP contribution in [0.2, 0.25) is 0 Å². The van der Waals surface area contributed by atoms with E-state index in [-0.39, 0.29) is 11.7 Å². The summed E-state index contributed by atoms with van der Waals surface area (Å²) in [7, 11) is -0.196. The van der Waals surface area contributed by atoms with Gasteiger partial charge in [-0.25, -0.2) is 8.42 Å². The highest BCUT2D eigenvalue weighted by atomic mass is 32.2. The number of amides is 1. The van der Waals surface area contributed by atoms with Crippen LogP contribution in [0, 0.1) is 5.92 Å². The van der Waals surface area contributed by atoms with Gasteiger partial charge in [-0.3, -0.25) is 4.79 Å². The molecular formula is C20H27NO5S. The molecule has 1 aromatic rings. The van der Waals surface area contributed by atoms with Gasteiger partial charge in [0, 0.05) is 17.9 Å². The maximum absolute atomic E-state index is 13.1. The zero-order valence-electron chi connectivity index (χ0n) is 15.9. The Balaban J connectivity index is 1.88. The van der Waals surface area contributed by atoms with Crippen molar-refractivity contribution >= 4 is 21.4 Å². The summed E-state index contributed by atoms with van der Waals surface area (Å²) in [6.45, 7) is 0. The van der Waals surface area contributed by atoms with Crippen molar-refractivity contribution in [2.75, 3.05) is 24.9 Å². The van der Waals surface area contributed by atoms with Crippen molar-refractivity contribution in [1.29, 1.82) is 0 Å². The molecular weight excluding hydrogens is 366 g/mol. The van der Waals surface area contributed by atoms with Crippen molar-refractivity contribution in [3.8, 4) is 11.5 Å². The van der Waals surface area contributed by atoms with E-state index in [9.17, 15) is 13.2 Å². The summed E-state index contributed by atoms with van der Waals surface area (Å²) in [4.78, 5) is 14.7. The molecule has 1 unspecified atom stereocenters. The van der Waals surface area contributed by atoms with E-state index >= 15 is 0 Å². The zero-order chi connectivity index (χ0) is 19.4. The number of sulfone groups is 1. The maximum atomic E-state index is 13.1. The fraction of sp³-hybridized carbons (Fsp3) is 0.550. The minimum Gasteiger partial charge on any atom is -0.497 e. The lowest BCUT2D eigenvalue weighted by Gasteiger charge is -2.29. The molecule has 1 aliphatic carbocycles. The molecule has 1 saturated carbocycles.